The molecule has 2 N–H and O–H groups in total. The lowest BCUT2D eigenvalue weighted by molar-refractivity contribution is 0.102. The molecule has 2 heterocycles. The summed E-state index contributed by atoms with van der Waals surface area (Å²) in [4.78, 5) is 12.5. The molecule has 4 aromatic rings. The average Bonchev–Trinajstić information content (AvgIpc) is 3.32. The molecule has 2 aromatic heterocycles. The fourth-order valence-electron chi connectivity index (χ4n) is 3.01. The summed E-state index contributed by atoms with van der Waals surface area (Å²) in [6.45, 7) is 4.75. The van der Waals surface area contributed by atoms with Crippen molar-refractivity contribution < 1.29 is 4.79 Å². The highest BCUT2D eigenvalue weighted by Gasteiger charge is 2.12. The molecule has 0 spiro atoms. The van der Waals surface area contributed by atoms with Crippen molar-refractivity contribution in [3.63, 3.8) is 0 Å². The Labute approximate surface area is 163 Å². The summed E-state index contributed by atoms with van der Waals surface area (Å²) < 4.78 is 1.80. The maximum atomic E-state index is 12.5. The number of rotatable bonds is 5. The zero-order valence-corrected chi connectivity index (χ0v) is 15.8. The molecule has 0 unspecified atom stereocenters. The van der Waals surface area contributed by atoms with E-state index in [-0.39, 0.29) is 5.91 Å². The number of amides is 1. The molecule has 0 saturated carbocycles. The molecule has 0 aliphatic carbocycles. The number of benzene rings is 2. The fourth-order valence-corrected chi connectivity index (χ4v) is 3.01. The van der Waals surface area contributed by atoms with E-state index in [0.29, 0.717) is 18.1 Å². The smallest absolute Gasteiger partial charge is 0.274 e. The lowest BCUT2D eigenvalue weighted by Gasteiger charge is -2.03. The van der Waals surface area contributed by atoms with E-state index in [9.17, 15) is 4.79 Å². The van der Waals surface area contributed by atoms with E-state index in [1.807, 2.05) is 43.5 Å². The molecule has 0 atom stereocenters. The van der Waals surface area contributed by atoms with Gasteiger partial charge in [0.15, 0.2) is 5.82 Å². The molecular formula is C22H21N5O. The van der Waals surface area contributed by atoms with Crippen LogP contribution in [0.15, 0.2) is 66.9 Å². The van der Waals surface area contributed by atoms with E-state index < -0.39 is 0 Å². The largest absolute Gasteiger partial charge is 0.304 e. The highest BCUT2D eigenvalue weighted by molar-refractivity contribution is 6.02. The molecule has 0 fully saturated rings. The fraction of sp³-hybridized carbons (Fsp3) is 0.136. The summed E-state index contributed by atoms with van der Waals surface area (Å²) in [6, 6.07) is 19.8. The molecule has 1 amide bonds. The Morgan fingerprint density at radius 3 is 2.64 bits per heavy atom. The van der Waals surface area contributed by atoms with Crippen molar-refractivity contribution in [2.45, 2.75) is 20.4 Å². The van der Waals surface area contributed by atoms with Crippen LogP contribution in [-0.4, -0.2) is 25.9 Å². The van der Waals surface area contributed by atoms with Crippen LogP contribution < -0.4 is 5.32 Å². The minimum absolute atomic E-state index is 0.272. The topological polar surface area (TPSA) is 75.6 Å². The van der Waals surface area contributed by atoms with Gasteiger partial charge in [-0.1, -0.05) is 59.7 Å². The lowest BCUT2D eigenvalue weighted by atomic mass is 10.1. The van der Waals surface area contributed by atoms with Crippen molar-refractivity contribution in [3.8, 4) is 11.3 Å². The number of anilines is 1. The van der Waals surface area contributed by atoms with Crippen molar-refractivity contribution in [1.82, 2.24) is 20.0 Å². The number of nitrogens with zero attached hydrogens (tertiary/aromatic N) is 3. The Kier molecular flexibility index (Phi) is 4.76. The van der Waals surface area contributed by atoms with Crippen LogP contribution in [0.25, 0.3) is 11.3 Å². The standard InChI is InChI=1S/C22H21N5O/c1-15-6-8-18(9-7-15)19-13-20(25-24-19)22(28)23-21-10-11-27(26-21)14-17-5-3-4-16(2)12-17/h3-13H,14H2,1-2H3,(H,24,25)(H,23,26,28). The first kappa shape index (κ1) is 17.7. The van der Waals surface area contributed by atoms with Gasteiger partial charge >= 0.3 is 0 Å². The number of carbonyl (C=O) groups is 1. The molecule has 4 rings (SSSR count). The lowest BCUT2D eigenvalue weighted by Crippen LogP contribution is -2.13. The van der Waals surface area contributed by atoms with Crippen molar-refractivity contribution in [2.75, 3.05) is 5.32 Å². The second kappa shape index (κ2) is 7.52. The Morgan fingerprint density at radius 1 is 1.04 bits per heavy atom. The van der Waals surface area contributed by atoms with Crippen molar-refractivity contribution in [2.24, 2.45) is 0 Å². The Hall–Kier alpha value is -3.67. The Balaban J connectivity index is 1.43. The van der Waals surface area contributed by atoms with E-state index in [2.05, 4.69) is 45.7 Å². The summed E-state index contributed by atoms with van der Waals surface area (Å²) >= 11 is 0. The van der Waals surface area contributed by atoms with Crippen molar-refractivity contribution in [3.05, 3.63) is 89.2 Å². The number of carbonyl (C=O) groups excluding carboxylic acids is 1. The van der Waals surface area contributed by atoms with Gasteiger partial charge < -0.3 is 5.32 Å². The number of H-pyrrole nitrogens is 1. The van der Waals surface area contributed by atoms with Crippen LogP contribution >= 0.6 is 0 Å². The van der Waals surface area contributed by atoms with Crippen LogP contribution in [0.5, 0.6) is 0 Å². The van der Waals surface area contributed by atoms with Gasteiger partial charge in [0.1, 0.15) is 5.69 Å². The molecule has 140 valence electrons. The van der Waals surface area contributed by atoms with Crippen molar-refractivity contribution in [1.29, 1.82) is 0 Å². The molecule has 0 saturated heterocycles. The van der Waals surface area contributed by atoms with Gasteiger partial charge in [-0.2, -0.15) is 10.2 Å². The molecular weight excluding hydrogens is 350 g/mol. The first-order valence-electron chi connectivity index (χ1n) is 9.10. The first-order chi connectivity index (χ1) is 13.6. The minimum Gasteiger partial charge on any atom is -0.304 e. The van der Waals surface area contributed by atoms with Gasteiger partial charge in [0.2, 0.25) is 0 Å². The van der Waals surface area contributed by atoms with Gasteiger partial charge in [0.25, 0.3) is 5.91 Å². The average molecular weight is 371 g/mol. The Morgan fingerprint density at radius 2 is 1.86 bits per heavy atom. The molecule has 6 nitrogen and oxygen atoms in total. The first-order valence-corrected chi connectivity index (χ1v) is 9.10. The van der Waals surface area contributed by atoms with E-state index in [4.69, 9.17) is 0 Å². The molecule has 0 bridgehead atoms. The quantitative estimate of drug-likeness (QED) is 0.552. The third-order valence-electron chi connectivity index (χ3n) is 4.48. The highest BCUT2D eigenvalue weighted by Crippen LogP contribution is 2.18. The van der Waals surface area contributed by atoms with Crippen molar-refractivity contribution >= 4 is 11.7 Å². The molecule has 6 heteroatoms. The van der Waals surface area contributed by atoms with Gasteiger partial charge in [-0.15, -0.1) is 0 Å². The number of nitrogens with one attached hydrogen (secondary N) is 2. The normalized spacial score (nSPS) is 10.8. The van der Waals surface area contributed by atoms with Crippen LogP contribution in [0.3, 0.4) is 0 Å². The monoisotopic (exact) mass is 371 g/mol. The van der Waals surface area contributed by atoms with Gasteiger partial charge in [0, 0.05) is 17.8 Å². The van der Waals surface area contributed by atoms with Gasteiger partial charge in [-0.3, -0.25) is 14.6 Å². The second-order valence-corrected chi connectivity index (χ2v) is 6.87. The molecule has 0 aliphatic rings. The SMILES string of the molecule is Cc1ccc(-c2cc(C(=O)Nc3ccn(Cc4cccc(C)c4)n3)[nH]n2)cc1. The van der Waals surface area contributed by atoms with Gasteiger partial charge in [-0.05, 0) is 25.5 Å². The molecule has 0 aliphatic heterocycles. The van der Waals surface area contributed by atoms with Crippen LogP contribution in [0.2, 0.25) is 0 Å². The van der Waals surface area contributed by atoms with Gasteiger partial charge in [-0.25, -0.2) is 0 Å². The second-order valence-electron chi connectivity index (χ2n) is 6.87. The number of aromatic amines is 1. The van der Waals surface area contributed by atoms with Crippen LogP contribution in [0, 0.1) is 13.8 Å². The number of aromatic nitrogens is 4. The summed E-state index contributed by atoms with van der Waals surface area (Å²) in [7, 11) is 0. The molecule has 2 aromatic carbocycles. The zero-order chi connectivity index (χ0) is 19.5. The minimum atomic E-state index is -0.272. The van der Waals surface area contributed by atoms with E-state index in [0.717, 1.165) is 16.8 Å². The van der Waals surface area contributed by atoms with Gasteiger partial charge in [0.05, 0.1) is 12.2 Å². The molecule has 0 radical (unpaired) electrons. The number of hydrogen-bond acceptors (Lipinski definition) is 3. The number of aryl methyl sites for hydroxylation is 2. The maximum Gasteiger partial charge on any atom is 0.274 e. The molecule has 28 heavy (non-hydrogen) atoms. The third kappa shape index (κ3) is 4.01. The Bertz CT molecular complexity index is 1110. The zero-order valence-electron chi connectivity index (χ0n) is 15.8. The van der Waals surface area contributed by atoms with Crippen LogP contribution in [-0.2, 0) is 6.54 Å². The third-order valence-corrected chi connectivity index (χ3v) is 4.48. The number of hydrogen-bond donors (Lipinski definition) is 2. The van der Waals surface area contributed by atoms with Crippen LogP contribution in [0.1, 0.15) is 27.2 Å². The highest BCUT2D eigenvalue weighted by atomic mass is 16.2. The predicted octanol–water partition coefficient (Wildman–Crippen LogP) is 4.19. The summed E-state index contributed by atoms with van der Waals surface area (Å²) in [6.07, 6.45) is 1.85. The maximum absolute atomic E-state index is 12.5. The summed E-state index contributed by atoms with van der Waals surface area (Å²) in [5.41, 5.74) is 5.64. The predicted molar refractivity (Wildman–Crippen MR) is 109 cm³/mol. The van der Waals surface area contributed by atoms with E-state index >= 15 is 0 Å². The van der Waals surface area contributed by atoms with E-state index in [1.54, 1.807) is 16.8 Å². The van der Waals surface area contributed by atoms with Crippen LogP contribution in [0.4, 0.5) is 5.82 Å². The van der Waals surface area contributed by atoms with E-state index in [1.165, 1.54) is 11.1 Å². The summed E-state index contributed by atoms with van der Waals surface area (Å²) in [5, 5.41) is 14.3. The summed E-state index contributed by atoms with van der Waals surface area (Å²) in [5.74, 6) is 0.232.